The van der Waals surface area contributed by atoms with Crippen LogP contribution in [-0.4, -0.2) is 114 Å². The Morgan fingerprint density at radius 1 is 0.762 bits per heavy atom. The molecule has 1 atom stereocenters. The molecule has 3 fully saturated rings. The molecule has 0 saturated carbocycles. The topological polar surface area (TPSA) is 183 Å². The van der Waals surface area contributed by atoms with Crippen LogP contribution in [0.2, 0.25) is 0 Å². The number of amides is 4. The average Bonchev–Trinajstić information content (AvgIpc) is 3.85. The summed E-state index contributed by atoms with van der Waals surface area (Å²) in [6.07, 6.45) is 7.05. The van der Waals surface area contributed by atoms with Crippen LogP contribution in [-0.2, 0) is 9.59 Å². The van der Waals surface area contributed by atoms with Gasteiger partial charge in [0.2, 0.25) is 11.8 Å². The Morgan fingerprint density at radius 3 is 2.41 bits per heavy atom. The summed E-state index contributed by atoms with van der Waals surface area (Å²) in [4.78, 5) is 76.9. The first-order valence-electron chi connectivity index (χ1n) is 20.9. The van der Waals surface area contributed by atoms with E-state index in [2.05, 4.69) is 63.6 Å². The molecule has 63 heavy (non-hydrogen) atoms. The molecule has 8 heterocycles. The van der Waals surface area contributed by atoms with Crippen LogP contribution in [0.1, 0.15) is 39.1 Å². The van der Waals surface area contributed by atoms with E-state index in [1.54, 1.807) is 23.0 Å². The summed E-state index contributed by atoms with van der Waals surface area (Å²) in [5.41, 5.74) is 7.70. The number of nitrogens with zero attached hydrogens (tertiary/aromatic N) is 10. The second-order valence-electron chi connectivity index (χ2n) is 16.2. The van der Waals surface area contributed by atoms with E-state index in [1.807, 2.05) is 67.8 Å². The number of rotatable bonds is 9. The number of anilines is 4. The third kappa shape index (κ3) is 7.01. The number of aromatic nitrogens is 6. The maximum atomic E-state index is 13.3. The van der Waals surface area contributed by atoms with Crippen LogP contribution < -0.4 is 25.2 Å². The number of hydrogen-bond donors (Lipinski definition) is 2. The highest BCUT2D eigenvalue weighted by molar-refractivity contribution is 6.23. The zero-order valence-electron chi connectivity index (χ0n) is 34.1. The molecule has 7 aromatic rings. The third-order valence-corrected chi connectivity index (χ3v) is 12.4. The number of pyridine rings is 2. The fourth-order valence-electron chi connectivity index (χ4n) is 8.92. The minimum Gasteiger partial charge on any atom is -0.457 e. The van der Waals surface area contributed by atoms with Crippen LogP contribution in [0.4, 0.5) is 22.9 Å². The number of piperazine rings is 1. The van der Waals surface area contributed by atoms with E-state index in [9.17, 15) is 19.2 Å². The van der Waals surface area contributed by atoms with E-state index < -0.39 is 29.7 Å². The summed E-state index contributed by atoms with van der Waals surface area (Å²) >= 11 is 0. The van der Waals surface area contributed by atoms with Gasteiger partial charge < -0.3 is 19.9 Å². The predicted molar refractivity (Wildman–Crippen MR) is 233 cm³/mol. The summed E-state index contributed by atoms with van der Waals surface area (Å²) in [6, 6.07) is 24.6. The molecule has 4 aromatic heterocycles. The number of carbonyl (C=O) groups excluding carboxylic acids is 4. The lowest BCUT2D eigenvalue weighted by molar-refractivity contribution is -0.136. The van der Waals surface area contributed by atoms with Gasteiger partial charge in [-0.2, -0.15) is 5.10 Å². The smallest absolute Gasteiger partial charge is 0.262 e. The Morgan fingerprint density at radius 2 is 1.60 bits per heavy atom. The molecule has 4 aliphatic heterocycles. The predicted octanol–water partition coefficient (Wildman–Crippen LogP) is 4.99. The first kappa shape index (κ1) is 38.2. The maximum Gasteiger partial charge on any atom is 0.262 e. The molecule has 0 radical (unpaired) electrons. The zero-order chi connectivity index (χ0) is 42.8. The molecule has 17 heteroatoms. The van der Waals surface area contributed by atoms with E-state index in [4.69, 9.17) is 9.72 Å². The molecule has 0 aliphatic carbocycles. The highest BCUT2D eigenvalue weighted by Crippen LogP contribution is 2.35. The third-order valence-electron chi connectivity index (χ3n) is 12.4. The quantitative estimate of drug-likeness (QED) is 0.185. The van der Waals surface area contributed by atoms with E-state index >= 15 is 0 Å². The van der Waals surface area contributed by atoms with Crippen molar-refractivity contribution in [3.05, 3.63) is 121 Å². The molecular formula is C46H40N12O5. The van der Waals surface area contributed by atoms with Gasteiger partial charge in [-0.25, -0.2) is 19.5 Å². The van der Waals surface area contributed by atoms with Crippen molar-refractivity contribution in [1.29, 1.82) is 0 Å². The van der Waals surface area contributed by atoms with Crippen molar-refractivity contribution in [2.24, 2.45) is 0 Å². The molecule has 0 spiro atoms. The van der Waals surface area contributed by atoms with Gasteiger partial charge in [0, 0.05) is 86.3 Å². The van der Waals surface area contributed by atoms with Crippen molar-refractivity contribution in [2.75, 3.05) is 54.4 Å². The lowest BCUT2D eigenvalue weighted by Gasteiger charge is -2.49. The first-order valence-corrected chi connectivity index (χ1v) is 20.9. The minimum atomic E-state index is -0.977. The first-order chi connectivity index (χ1) is 30.7. The number of benzene rings is 3. The molecule has 3 saturated heterocycles. The molecule has 1 unspecified atom stereocenters. The van der Waals surface area contributed by atoms with Crippen LogP contribution >= 0.6 is 0 Å². The van der Waals surface area contributed by atoms with Crippen molar-refractivity contribution in [3.8, 4) is 22.8 Å². The standard InChI is InChI=1S/C46H40N12O5/c1-27-18-29(3-10-40(27)63-33-12-13-57-41(21-33)49-26-51-57)52-43-36-19-28(2-7-38(36)48-25-50-43)37-8-5-31(22-47-37)54-14-16-55(17-15-54)32-23-56(24-32)30-4-6-34-35(20-30)46(62)58(45(34)61)39-9-11-42(59)53-44(39)60/h2-8,10,12-13,18-22,25-26,32,39H,9,11,14-17,23-24H2,1H3,(H,48,50,52)(H,53,59,60). The van der Waals surface area contributed by atoms with E-state index in [1.165, 1.54) is 6.33 Å². The molecule has 11 rings (SSSR count). The number of hydrogen-bond acceptors (Lipinski definition) is 14. The molecule has 17 nitrogen and oxygen atoms in total. The number of ether oxygens (including phenoxy) is 1. The SMILES string of the molecule is Cc1cc(Nc2ncnc3ccc(-c4ccc(N5CCN(C6CN(c7ccc8c(c7)C(=O)N(C7CCC(=O)NC7=O)C8=O)C6)CC5)cn4)cc23)ccc1Oc1ccn2ncnc2c1. The van der Waals surface area contributed by atoms with Gasteiger partial charge in [-0.05, 0) is 85.6 Å². The number of fused-ring (bicyclic) bond motifs is 3. The Hall–Kier alpha value is -7.79. The van der Waals surface area contributed by atoms with Crippen LogP contribution in [0.15, 0.2) is 104 Å². The van der Waals surface area contributed by atoms with Crippen LogP contribution in [0.5, 0.6) is 11.5 Å². The molecule has 4 aliphatic rings. The number of carbonyl (C=O) groups is 4. The molecule has 4 amide bonds. The molecular weight excluding hydrogens is 801 g/mol. The number of piperidine rings is 1. The fourth-order valence-corrected chi connectivity index (χ4v) is 8.92. The highest BCUT2D eigenvalue weighted by atomic mass is 16.5. The van der Waals surface area contributed by atoms with Gasteiger partial charge in [0.05, 0.1) is 34.2 Å². The average molecular weight is 841 g/mol. The zero-order valence-corrected chi connectivity index (χ0v) is 34.1. The Kier molecular flexibility index (Phi) is 9.26. The monoisotopic (exact) mass is 840 g/mol. The van der Waals surface area contributed by atoms with Gasteiger partial charge in [0.25, 0.3) is 11.8 Å². The lowest BCUT2D eigenvalue weighted by Crippen LogP contribution is -2.63. The second kappa shape index (κ2) is 15.3. The number of imide groups is 2. The Balaban J connectivity index is 0.701. The van der Waals surface area contributed by atoms with E-state index in [0.717, 1.165) is 94.7 Å². The molecule has 2 N–H and O–H groups in total. The number of aryl methyl sites for hydroxylation is 1. The summed E-state index contributed by atoms with van der Waals surface area (Å²) in [5.74, 6) is 0.114. The van der Waals surface area contributed by atoms with Crippen molar-refractivity contribution in [3.63, 3.8) is 0 Å². The van der Waals surface area contributed by atoms with E-state index in [0.29, 0.717) is 34.4 Å². The van der Waals surface area contributed by atoms with Crippen molar-refractivity contribution in [1.82, 2.24) is 44.7 Å². The van der Waals surface area contributed by atoms with Gasteiger partial charge in [0.1, 0.15) is 36.0 Å². The summed E-state index contributed by atoms with van der Waals surface area (Å²) in [5, 5.41) is 10.7. The summed E-state index contributed by atoms with van der Waals surface area (Å²) in [7, 11) is 0. The molecule has 0 bridgehead atoms. The summed E-state index contributed by atoms with van der Waals surface area (Å²) < 4.78 is 7.85. The van der Waals surface area contributed by atoms with Gasteiger partial charge in [-0.15, -0.1) is 0 Å². The van der Waals surface area contributed by atoms with Crippen LogP contribution in [0.3, 0.4) is 0 Å². The molecule has 3 aromatic carbocycles. The van der Waals surface area contributed by atoms with Gasteiger partial charge in [0.15, 0.2) is 5.65 Å². The lowest BCUT2D eigenvalue weighted by atomic mass is 10.0. The van der Waals surface area contributed by atoms with Gasteiger partial charge >= 0.3 is 0 Å². The fraction of sp³-hybridized carbons (Fsp3) is 0.239. The normalized spacial score (nSPS) is 18.2. The van der Waals surface area contributed by atoms with Gasteiger partial charge in [-0.3, -0.25) is 39.3 Å². The van der Waals surface area contributed by atoms with Gasteiger partial charge in [-0.1, -0.05) is 6.07 Å². The molecule has 314 valence electrons. The van der Waals surface area contributed by atoms with Crippen molar-refractivity contribution >= 4 is 63.1 Å². The van der Waals surface area contributed by atoms with Crippen LogP contribution in [0.25, 0.3) is 27.8 Å². The second-order valence-corrected chi connectivity index (χ2v) is 16.2. The van der Waals surface area contributed by atoms with E-state index in [-0.39, 0.29) is 12.8 Å². The largest absolute Gasteiger partial charge is 0.457 e. The maximum absolute atomic E-state index is 13.3. The Labute approximate surface area is 360 Å². The number of nitrogens with one attached hydrogen (secondary N) is 2. The summed E-state index contributed by atoms with van der Waals surface area (Å²) in [6.45, 7) is 7.19. The Bertz CT molecular complexity index is 3000. The highest BCUT2D eigenvalue weighted by Gasteiger charge is 2.45. The van der Waals surface area contributed by atoms with Crippen molar-refractivity contribution < 1.29 is 23.9 Å². The van der Waals surface area contributed by atoms with Crippen LogP contribution in [0, 0.1) is 6.92 Å². The van der Waals surface area contributed by atoms with Crippen molar-refractivity contribution in [2.45, 2.75) is 31.8 Å². The minimum absolute atomic E-state index is 0.0890.